The summed E-state index contributed by atoms with van der Waals surface area (Å²) in [6, 6.07) is 5.45. The van der Waals surface area contributed by atoms with Crippen molar-refractivity contribution in [2.24, 2.45) is 5.92 Å². The van der Waals surface area contributed by atoms with Crippen LogP contribution in [0.4, 0.5) is 0 Å². The molecular weight excluding hydrogens is 382 g/mol. The molecule has 0 spiro atoms. The van der Waals surface area contributed by atoms with Crippen LogP contribution in [0.25, 0.3) is 10.9 Å². The van der Waals surface area contributed by atoms with E-state index in [4.69, 9.17) is 11.6 Å². The summed E-state index contributed by atoms with van der Waals surface area (Å²) in [5.74, 6) is 0.709. The van der Waals surface area contributed by atoms with E-state index in [-0.39, 0.29) is 17.5 Å². The number of piperidine rings is 1. The predicted molar refractivity (Wildman–Crippen MR) is 112 cm³/mol. The molecule has 2 aromatic rings. The summed E-state index contributed by atoms with van der Waals surface area (Å²) in [6.45, 7) is 7.61. The quantitative estimate of drug-likeness (QED) is 0.550. The molecule has 0 bridgehead atoms. The van der Waals surface area contributed by atoms with Crippen LogP contribution in [0.2, 0.25) is 5.02 Å². The van der Waals surface area contributed by atoms with Crippen LogP contribution < -0.4 is 5.56 Å². The van der Waals surface area contributed by atoms with E-state index >= 15 is 0 Å². The number of benzene rings is 1. The fourth-order valence-electron chi connectivity index (χ4n) is 3.49. The van der Waals surface area contributed by atoms with E-state index in [1.807, 2.05) is 4.90 Å². The Balaban J connectivity index is 1.89. The van der Waals surface area contributed by atoms with Crippen LogP contribution in [0, 0.1) is 5.92 Å². The highest BCUT2D eigenvalue weighted by atomic mass is 35.5. The highest BCUT2D eigenvalue weighted by Gasteiger charge is 2.24. The Hall–Kier alpha value is -1.53. The Morgan fingerprint density at radius 2 is 2.15 bits per heavy atom. The van der Waals surface area contributed by atoms with Gasteiger partial charge in [0, 0.05) is 24.2 Å². The van der Waals surface area contributed by atoms with Gasteiger partial charge in [0.05, 0.1) is 16.7 Å². The van der Waals surface area contributed by atoms with Crippen molar-refractivity contribution < 1.29 is 4.79 Å². The predicted octanol–water partition coefficient (Wildman–Crippen LogP) is 4.20. The highest BCUT2D eigenvalue weighted by molar-refractivity contribution is 7.99. The van der Waals surface area contributed by atoms with E-state index in [1.54, 1.807) is 22.8 Å². The van der Waals surface area contributed by atoms with Gasteiger partial charge in [-0.3, -0.25) is 14.2 Å². The normalized spacial score (nSPS) is 17.7. The van der Waals surface area contributed by atoms with E-state index in [9.17, 15) is 9.59 Å². The van der Waals surface area contributed by atoms with Crippen LogP contribution in [0.3, 0.4) is 0 Å². The summed E-state index contributed by atoms with van der Waals surface area (Å²) in [5.41, 5.74) is 0.517. The van der Waals surface area contributed by atoms with E-state index in [2.05, 4.69) is 25.8 Å². The minimum atomic E-state index is -0.0995. The molecule has 5 nitrogen and oxygen atoms in total. The fourth-order valence-corrected chi connectivity index (χ4v) is 4.55. The molecule has 2 heterocycles. The maximum atomic E-state index is 13.0. The Morgan fingerprint density at radius 1 is 1.37 bits per heavy atom. The standard InChI is InChI=1S/C20H26ClN3O2S/c1-13(2)11-24-19(26)16-10-15(21)7-8-17(16)22-20(24)27-12-18(25)23-9-5-4-6-14(23)3/h7-8,10,13-14H,4-6,9,11-12H2,1-3H3/t14-/m0/s1. The van der Waals surface area contributed by atoms with Gasteiger partial charge >= 0.3 is 0 Å². The lowest BCUT2D eigenvalue weighted by Gasteiger charge is -2.33. The second kappa shape index (κ2) is 8.65. The molecule has 0 unspecified atom stereocenters. The van der Waals surface area contributed by atoms with Crippen molar-refractivity contribution in [3.63, 3.8) is 0 Å². The van der Waals surface area contributed by atoms with Crippen LogP contribution >= 0.6 is 23.4 Å². The summed E-state index contributed by atoms with van der Waals surface area (Å²) in [7, 11) is 0. The maximum absolute atomic E-state index is 13.0. The summed E-state index contributed by atoms with van der Waals surface area (Å²) in [6.07, 6.45) is 3.30. The topological polar surface area (TPSA) is 55.2 Å². The number of rotatable bonds is 5. The van der Waals surface area contributed by atoms with Crippen molar-refractivity contribution in [1.82, 2.24) is 14.5 Å². The van der Waals surface area contributed by atoms with Crippen LogP contribution in [-0.4, -0.2) is 38.7 Å². The van der Waals surface area contributed by atoms with Crippen LogP contribution in [0.1, 0.15) is 40.0 Å². The number of hydrogen-bond donors (Lipinski definition) is 0. The second-order valence-corrected chi connectivity index (χ2v) is 8.96. The van der Waals surface area contributed by atoms with Gasteiger partial charge in [-0.15, -0.1) is 0 Å². The van der Waals surface area contributed by atoms with Gasteiger partial charge in [0.1, 0.15) is 0 Å². The molecule has 1 aromatic heterocycles. The number of likely N-dealkylation sites (tertiary alicyclic amines) is 1. The first-order chi connectivity index (χ1) is 12.9. The molecule has 1 aliphatic rings. The molecule has 1 saturated heterocycles. The van der Waals surface area contributed by atoms with Gasteiger partial charge in [0.25, 0.3) is 5.56 Å². The van der Waals surface area contributed by atoms with Crippen molar-refractivity contribution in [3.05, 3.63) is 33.6 Å². The van der Waals surface area contributed by atoms with Crippen molar-refractivity contribution in [3.8, 4) is 0 Å². The van der Waals surface area contributed by atoms with Crippen molar-refractivity contribution in [2.45, 2.75) is 57.8 Å². The monoisotopic (exact) mass is 407 g/mol. The number of halogens is 1. The van der Waals surface area contributed by atoms with Gasteiger partial charge in [-0.1, -0.05) is 37.2 Å². The molecule has 1 amide bonds. The Kier molecular flexibility index (Phi) is 6.48. The molecule has 1 aliphatic heterocycles. The number of amides is 1. The van der Waals surface area contributed by atoms with E-state index in [0.29, 0.717) is 39.3 Å². The third-order valence-corrected chi connectivity index (χ3v) is 6.07. The smallest absolute Gasteiger partial charge is 0.262 e. The lowest BCUT2D eigenvalue weighted by atomic mass is 10.0. The second-order valence-electron chi connectivity index (χ2n) is 7.59. The molecule has 1 aromatic carbocycles. The zero-order valence-corrected chi connectivity index (χ0v) is 17.6. The molecule has 1 fully saturated rings. The number of aromatic nitrogens is 2. The van der Waals surface area contributed by atoms with Crippen molar-refractivity contribution >= 4 is 40.2 Å². The SMILES string of the molecule is CC(C)Cn1c(SCC(=O)N2CCCC[C@@H]2C)nc2ccc(Cl)cc2c1=O. The average Bonchev–Trinajstić information content (AvgIpc) is 2.63. The highest BCUT2D eigenvalue weighted by Crippen LogP contribution is 2.23. The molecule has 27 heavy (non-hydrogen) atoms. The Morgan fingerprint density at radius 3 is 2.85 bits per heavy atom. The molecule has 0 radical (unpaired) electrons. The number of hydrogen-bond acceptors (Lipinski definition) is 4. The Bertz CT molecular complexity index is 897. The van der Waals surface area contributed by atoms with Crippen LogP contribution in [0.5, 0.6) is 0 Å². The number of nitrogens with zero attached hydrogens (tertiary/aromatic N) is 3. The van der Waals surface area contributed by atoms with E-state index in [1.165, 1.54) is 18.2 Å². The minimum absolute atomic E-state index is 0.0995. The fraction of sp³-hybridized carbons (Fsp3) is 0.550. The lowest BCUT2D eigenvalue weighted by molar-refractivity contribution is -0.131. The van der Waals surface area contributed by atoms with E-state index in [0.717, 1.165) is 19.4 Å². The molecule has 0 aliphatic carbocycles. The Labute approximate surface area is 169 Å². The summed E-state index contributed by atoms with van der Waals surface area (Å²) in [4.78, 5) is 32.3. The lowest BCUT2D eigenvalue weighted by Crippen LogP contribution is -2.43. The maximum Gasteiger partial charge on any atom is 0.262 e. The first-order valence-electron chi connectivity index (χ1n) is 9.49. The van der Waals surface area contributed by atoms with Crippen LogP contribution in [-0.2, 0) is 11.3 Å². The zero-order chi connectivity index (χ0) is 19.6. The molecule has 0 N–H and O–H groups in total. The van der Waals surface area contributed by atoms with Gasteiger partial charge in [0.2, 0.25) is 5.91 Å². The third kappa shape index (κ3) is 4.66. The summed E-state index contributed by atoms with van der Waals surface area (Å²) < 4.78 is 1.68. The zero-order valence-electron chi connectivity index (χ0n) is 16.1. The minimum Gasteiger partial charge on any atom is -0.339 e. The van der Waals surface area contributed by atoms with Crippen LogP contribution in [0.15, 0.2) is 28.2 Å². The van der Waals surface area contributed by atoms with Gasteiger partial charge in [-0.25, -0.2) is 4.98 Å². The van der Waals surface area contributed by atoms with E-state index < -0.39 is 0 Å². The number of carbonyl (C=O) groups excluding carboxylic acids is 1. The average molecular weight is 408 g/mol. The molecule has 0 saturated carbocycles. The number of thioether (sulfide) groups is 1. The summed E-state index contributed by atoms with van der Waals surface area (Å²) >= 11 is 7.41. The molecule has 1 atom stereocenters. The van der Waals surface area contributed by atoms with Crippen molar-refractivity contribution in [1.29, 1.82) is 0 Å². The summed E-state index contributed by atoms with van der Waals surface area (Å²) in [5, 5.41) is 1.64. The molecular formula is C20H26ClN3O2S. The number of carbonyl (C=O) groups is 1. The van der Waals surface area contributed by atoms with Crippen molar-refractivity contribution in [2.75, 3.05) is 12.3 Å². The van der Waals surface area contributed by atoms with Gasteiger partial charge in [-0.05, 0) is 50.3 Å². The number of fused-ring (bicyclic) bond motifs is 1. The first-order valence-corrected chi connectivity index (χ1v) is 10.9. The molecule has 3 rings (SSSR count). The van der Waals surface area contributed by atoms with Gasteiger partial charge in [-0.2, -0.15) is 0 Å². The molecule has 146 valence electrons. The largest absolute Gasteiger partial charge is 0.339 e. The van der Waals surface area contributed by atoms with Gasteiger partial charge in [0.15, 0.2) is 5.16 Å². The molecule has 7 heteroatoms. The third-order valence-electron chi connectivity index (χ3n) is 4.88. The first kappa shape index (κ1) is 20.2. The van der Waals surface area contributed by atoms with Gasteiger partial charge < -0.3 is 4.90 Å².